The third kappa shape index (κ3) is 3.20. The highest BCUT2D eigenvalue weighted by molar-refractivity contribution is 7.91. The summed E-state index contributed by atoms with van der Waals surface area (Å²) in [4.78, 5) is 5.64. The fraction of sp³-hybridized carbons (Fsp3) is 0.235. The molecule has 2 aromatic rings. The smallest absolute Gasteiger partial charge is 0.182 e. The monoisotopic (exact) mass is 315 g/mol. The van der Waals surface area contributed by atoms with Gasteiger partial charge in [0.05, 0.1) is 16.4 Å². The molecular formula is C17H17NO3S. The number of nitrogens with zero attached hydrogens (tertiary/aromatic N) is 1. The first kappa shape index (κ1) is 14.8. The quantitative estimate of drug-likeness (QED) is 0.871. The molecule has 0 N–H and O–H groups in total. The molecular weight excluding hydrogens is 298 g/mol. The number of rotatable bonds is 4. The number of hydrogen-bond acceptors (Lipinski definition) is 4. The summed E-state index contributed by atoms with van der Waals surface area (Å²) in [6.07, 6.45) is 0.0799. The molecule has 0 saturated heterocycles. The number of sulfone groups is 1. The molecule has 3 rings (SSSR count). The molecule has 1 atom stereocenters. The molecule has 0 bridgehead atoms. The van der Waals surface area contributed by atoms with Crippen molar-refractivity contribution < 1.29 is 13.3 Å². The molecule has 0 aliphatic carbocycles. The third-order valence-electron chi connectivity index (χ3n) is 3.63. The number of benzene rings is 2. The van der Waals surface area contributed by atoms with Crippen LogP contribution in [-0.2, 0) is 14.7 Å². The van der Waals surface area contributed by atoms with E-state index >= 15 is 0 Å². The summed E-state index contributed by atoms with van der Waals surface area (Å²) in [5.74, 6) is -0.0596. The van der Waals surface area contributed by atoms with Gasteiger partial charge in [-0.1, -0.05) is 53.2 Å². The van der Waals surface area contributed by atoms with Crippen molar-refractivity contribution in [1.29, 1.82) is 0 Å². The molecule has 114 valence electrons. The number of aryl methyl sites for hydroxylation is 1. The Balaban J connectivity index is 1.69. The molecule has 0 fully saturated rings. The van der Waals surface area contributed by atoms with E-state index in [-0.39, 0.29) is 5.75 Å². The van der Waals surface area contributed by atoms with Crippen LogP contribution in [0.4, 0.5) is 0 Å². The van der Waals surface area contributed by atoms with Gasteiger partial charge < -0.3 is 4.84 Å². The maximum absolute atomic E-state index is 12.4. The third-order valence-corrected chi connectivity index (χ3v) is 5.43. The van der Waals surface area contributed by atoms with Crippen molar-refractivity contribution >= 4 is 15.5 Å². The Morgan fingerprint density at radius 1 is 1.09 bits per heavy atom. The summed E-state index contributed by atoms with van der Waals surface area (Å²) in [6.45, 7) is 1.93. The van der Waals surface area contributed by atoms with Crippen LogP contribution in [0.3, 0.4) is 0 Å². The number of oxime groups is 1. The van der Waals surface area contributed by atoms with E-state index < -0.39 is 15.9 Å². The van der Waals surface area contributed by atoms with Crippen molar-refractivity contribution in [2.45, 2.75) is 24.3 Å². The molecule has 0 saturated carbocycles. The van der Waals surface area contributed by atoms with Gasteiger partial charge in [-0.2, -0.15) is 0 Å². The summed E-state index contributed by atoms with van der Waals surface area (Å²) < 4.78 is 24.8. The van der Waals surface area contributed by atoms with Gasteiger partial charge in [-0.3, -0.25) is 0 Å². The summed E-state index contributed by atoms with van der Waals surface area (Å²) in [6, 6.07) is 16.5. The highest BCUT2D eigenvalue weighted by atomic mass is 32.2. The van der Waals surface area contributed by atoms with E-state index in [9.17, 15) is 8.42 Å². The standard InChI is InChI=1S/C17H17NO3S/c1-13-7-9-16(10-8-13)22(19,20)12-15-11-17(18-21-15)14-5-3-2-4-6-14/h2-10,15H,11-12H2,1H3. The Labute approximate surface area is 130 Å². The van der Waals surface area contributed by atoms with Gasteiger partial charge in [0.15, 0.2) is 9.84 Å². The maximum Gasteiger partial charge on any atom is 0.182 e. The second-order valence-electron chi connectivity index (χ2n) is 5.43. The van der Waals surface area contributed by atoms with Crippen LogP contribution in [0.1, 0.15) is 17.5 Å². The Morgan fingerprint density at radius 2 is 1.77 bits per heavy atom. The van der Waals surface area contributed by atoms with Gasteiger partial charge in [-0.05, 0) is 24.6 Å². The van der Waals surface area contributed by atoms with Crippen LogP contribution in [0.25, 0.3) is 0 Å². The van der Waals surface area contributed by atoms with E-state index in [1.165, 1.54) is 0 Å². The van der Waals surface area contributed by atoms with Crippen molar-refractivity contribution in [1.82, 2.24) is 0 Å². The van der Waals surface area contributed by atoms with Gasteiger partial charge in [-0.25, -0.2) is 8.42 Å². The molecule has 0 amide bonds. The van der Waals surface area contributed by atoms with Crippen molar-refractivity contribution in [2.24, 2.45) is 5.16 Å². The normalized spacial score (nSPS) is 17.9. The van der Waals surface area contributed by atoms with Gasteiger partial charge in [0.25, 0.3) is 0 Å². The fourth-order valence-electron chi connectivity index (χ4n) is 2.41. The first-order valence-electron chi connectivity index (χ1n) is 7.12. The topological polar surface area (TPSA) is 55.7 Å². The Kier molecular flexibility index (Phi) is 3.98. The van der Waals surface area contributed by atoms with E-state index in [1.54, 1.807) is 24.3 Å². The fourth-order valence-corrected chi connectivity index (χ4v) is 3.82. The minimum absolute atomic E-state index is 0.0596. The van der Waals surface area contributed by atoms with Gasteiger partial charge in [0.2, 0.25) is 0 Å². The highest BCUT2D eigenvalue weighted by Crippen LogP contribution is 2.21. The van der Waals surface area contributed by atoms with Crippen molar-refractivity contribution in [3.63, 3.8) is 0 Å². The van der Waals surface area contributed by atoms with Crippen LogP contribution in [0, 0.1) is 6.92 Å². The average Bonchev–Trinajstić information content (AvgIpc) is 2.96. The minimum atomic E-state index is -3.36. The second-order valence-corrected chi connectivity index (χ2v) is 7.46. The summed E-state index contributed by atoms with van der Waals surface area (Å²) in [5, 5.41) is 4.03. The minimum Gasteiger partial charge on any atom is -0.391 e. The summed E-state index contributed by atoms with van der Waals surface area (Å²) >= 11 is 0. The van der Waals surface area contributed by atoms with Crippen LogP contribution in [-0.4, -0.2) is 26.0 Å². The molecule has 2 aromatic carbocycles. The molecule has 1 aliphatic heterocycles. The van der Waals surface area contributed by atoms with E-state index in [0.717, 1.165) is 16.8 Å². The highest BCUT2D eigenvalue weighted by Gasteiger charge is 2.28. The summed E-state index contributed by atoms with van der Waals surface area (Å²) in [7, 11) is -3.36. The van der Waals surface area contributed by atoms with Crippen LogP contribution < -0.4 is 0 Å². The van der Waals surface area contributed by atoms with Crippen molar-refractivity contribution in [3.8, 4) is 0 Å². The lowest BCUT2D eigenvalue weighted by atomic mass is 10.1. The van der Waals surface area contributed by atoms with Gasteiger partial charge in [0.1, 0.15) is 6.10 Å². The van der Waals surface area contributed by atoms with Crippen molar-refractivity contribution in [2.75, 3.05) is 5.75 Å². The molecule has 4 nitrogen and oxygen atoms in total. The molecule has 1 aliphatic rings. The second kappa shape index (κ2) is 5.93. The van der Waals surface area contributed by atoms with E-state index in [0.29, 0.717) is 11.3 Å². The lowest BCUT2D eigenvalue weighted by molar-refractivity contribution is 0.102. The zero-order valence-corrected chi connectivity index (χ0v) is 13.1. The number of hydrogen-bond donors (Lipinski definition) is 0. The van der Waals surface area contributed by atoms with Crippen LogP contribution in [0.5, 0.6) is 0 Å². The first-order valence-corrected chi connectivity index (χ1v) is 8.77. The largest absolute Gasteiger partial charge is 0.391 e. The Morgan fingerprint density at radius 3 is 2.45 bits per heavy atom. The van der Waals surface area contributed by atoms with Gasteiger partial charge >= 0.3 is 0 Å². The van der Waals surface area contributed by atoms with Crippen LogP contribution in [0.2, 0.25) is 0 Å². The van der Waals surface area contributed by atoms with Crippen LogP contribution in [0.15, 0.2) is 64.6 Å². The zero-order chi connectivity index (χ0) is 15.6. The van der Waals surface area contributed by atoms with Crippen LogP contribution >= 0.6 is 0 Å². The van der Waals surface area contributed by atoms with Gasteiger partial charge in [0, 0.05) is 6.42 Å². The van der Waals surface area contributed by atoms with Crippen molar-refractivity contribution in [3.05, 3.63) is 65.7 Å². The van der Waals surface area contributed by atoms with E-state index in [4.69, 9.17) is 4.84 Å². The molecule has 5 heteroatoms. The maximum atomic E-state index is 12.4. The average molecular weight is 315 g/mol. The van der Waals surface area contributed by atoms with E-state index in [2.05, 4.69) is 5.16 Å². The Hall–Kier alpha value is -2.14. The molecule has 1 heterocycles. The molecule has 0 aromatic heterocycles. The van der Waals surface area contributed by atoms with Gasteiger partial charge in [-0.15, -0.1) is 0 Å². The molecule has 22 heavy (non-hydrogen) atoms. The lowest BCUT2D eigenvalue weighted by Gasteiger charge is -2.09. The SMILES string of the molecule is Cc1ccc(S(=O)(=O)CC2CC(c3ccccc3)=NO2)cc1. The predicted molar refractivity (Wildman–Crippen MR) is 85.7 cm³/mol. The predicted octanol–water partition coefficient (Wildman–Crippen LogP) is 2.96. The Bertz CT molecular complexity index is 780. The molecule has 1 unspecified atom stereocenters. The molecule has 0 spiro atoms. The van der Waals surface area contributed by atoms with E-state index in [1.807, 2.05) is 37.3 Å². The lowest BCUT2D eigenvalue weighted by Crippen LogP contribution is -2.21. The first-order chi connectivity index (χ1) is 10.5. The molecule has 0 radical (unpaired) electrons. The zero-order valence-electron chi connectivity index (χ0n) is 12.3. The summed E-state index contributed by atoms with van der Waals surface area (Å²) in [5.41, 5.74) is 2.80.